The van der Waals surface area contributed by atoms with E-state index in [9.17, 15) is 19.2 Å². The van der Waals surface area contributed by atoms with Gasteiger partial charge in [-0.05, 0) is 18.8 Å². The highest BCUT2D eigenvalue weighted by Crippen LogP contribution is 2.57. The number of imide groups is 3. The Labute approximate surface area is 115 Å². The fraction of sp³-hybridized carbons (Fsp3) is 0.571. The standard InChI is InChI=1S/C14H15NO5/c1-3-10(17)20-9-5-7-4-8(9)12-11(7)13(18)15(6(2)16)14(12)19/h3,7-9,11-12H,1,4-5H2,2H3. The van der Waals surface area contributed by atoms with Crippen molar-refractivity contribution in [2.75, 3.05) is 0 Å². The third kappa shape index (κ3) is 1.57. The van der Waals surface area contributed by atoms with E-state index >= 15 is 0 Å². The van der Waals surface area contributed by atoms with Crippen LogP contribution in [0.25, 0.3) is 0 Å². The Hall–Kier alpha value is -1.98. The summed E-state index contributed by atoms with van der Waals surface area (Å²) in [5.41, 5.74) is 0. The van der Waals surface area contributed by atoms with Crippen LogP contribution in [0.1, 0.15) is 19.8 Å². The summed E-state index contributed by atoms with van der Waals surface area (Å²) in [6.45, 7) is 4.56. The molecule has 0 N–H and O–H groups in total. The van der Waals surface area contributed by atoms with Crippen LogP contribution < -0.4 is 0 Å². The summed E-state index contributed by atoms with van der Waals surface area (Å²) < 4.78 is 5.26. The molecule has 5 atom stereocenters. The van der Waals surface area contributed by atoms with Crippen LogP contribution in [-0.4, -0.2) is 34.7 Å². The lowest BCUT2D eigenvalue weighted by atomic mass is 9.79. The van der Waals surface area contributed by atoms with E-state index in [1.165, 1.54) is 6.92 Å². The third-order valence-corrected chi connectivity index (χ3v) is 4.70. The summed E-state index contributed by atoms with van der Waals surface area (Å²) in [6.07, 6.45) is 2.02. The zero-order chi connectivity index (χ0) is 14.6. The molecule has 0 spiro atoms. The van der Waals surface area contributed by atoms with E-state index in [0.29, 0.717) is 12.8 Å². The Morgan fingerprint density at radius 1 is 1.25 bits per heavy atom. The molecule has 106 valence electrons. The molecule has 1 heterocycles. The Balaban J connectivity index is 1.85. The topological polar surface area (TPSA) is 80.8 Å². The number of hydrogen-bond donors (Lipinski definition) is 0. The van der Waals surface area contributed by atoms with Crippen LogP contribution in [0.15, 0.2) is 12.7 Å². The third-order valence-electron chi connectivity index (χ3n) is 4.70. The van der Waals surface area contributed by atoms with Gasteiger partial charge in [0.05, 0.1) is 11.8 Å². The molecule has 2 aliphatic carbocycles. The van der Waals surface area contributed by atoms with Crippen LogP contribution in [0.4, 0.5) is 0 Å². The van der Waals surface area contributed by atoms with Crippen molar-refractivity contribution in [3.63, 3.8) is 0 Å². The summed E-state index contributed by atoms with van der Waals surface area (Å²) in [5.74, 6) is -2.91. The molecule has 3 fully saturated rings. The second-order valence-corrected chi connectivity index (χ2v) is 5.66. The quantitative estimate of drug-likeness (QED) is 0.411. The first kappa shape index (κ1) is 13.0. The first-order valence-corrected chi connectivity index (χ1v) is 6.67. The smallest absolute Gasteiger partial charge is 0.330 e. The van der Waals surface area contributed by atoms with E-state index in [4.69, 9.17) is 4.74 Å². The van der Waals surface area contributed by atoms with Crippen molar-refractivity contribution in [2.24, 2.45) is 23.7 Å². The summed E-state index contributed by atoms with van der Waals surface area (Å²) >= 11 is 0. The molecule has 3 amide bonds. The minimum atomic E-state index is -0.534. The molecule has 3 aliphatic rings. The molecule has 0 aromatic rings. The lowest BCUT2D eigenvalue weighted by Crippen LogP contribution is -2.37. The molecule has 2 saturated carbocycles. The predicted molar refractivity (Wildman–Crippen MR) is 65.8 cm³/mol. The monoisotopic (exact) mass is 277 g/mol. The molecule has 0 aromatic carbocycles. The van der Waals surface area contributed by atoms with Gasteiger partial charge in [0.15, 0.2) is 0 Å². The Bertz CT molecular complexity index is 540. The molecule has 3 rings (SSSR count). The second kappa shape index (κ2) is 4.26. The zero-order valence-electron chi connectivity index (χ0n) is 11.1. The Kier molecular flexibility index (Phi) is 2.77. The predicted octanol–water partition coefficient (Wildman–Crippen LogP) is 0.272. The van der Waals surface area contributed by atoms with E-state index in [1.54, 1.807) is 0 Å². The highest BCUT2D eigenvalue weighted by Gasteiger charge is 2.65. The minimum Gasteiger partial charge on any atom is -0.459 e. The average Bonchev–Trinajstić information content (AvgIpc) is 3.01. The maximum absolute atomic E-state index is 12.3. The first-order valence-electron chi connectivity index (χ1n) is 6.67. The van der Waals surface area contributed by atoms with Crippen LogP contribution >= 0.6 is 0 Å². The number of carbonyl (C=O) groups is 4. The van der Waals surface area contributed by atoms with Gasteiger partial charge in [0, 0.05) is 18.9 Å². The van der Waals surface area contributed by atoms with Crippen LogP contribution in [0, 0.1) is 23.7 Å². The number of likely N-dealkylation sites (tertiary alicyclic amines) is 1. The lowest BCUT2D eigenvalue weighted by molar-refractivity contribution is -0.152. The molecular formula is C14H15NO5. The molecule has 0 radical (unpaired) electrons. The largest absolute Gasteiger partial charge is 0.459 e. The molecule has 1 saturated heterocycles. The summed E-state index contributed by atoms with van der Waals surface area (Å²) in [5, 5.41) is 0. The SMILES string of the molecule is C=CC(=O)OC1CC2CC1C1C(=O)N(C(C)=O)C(=O)C21. The van der Waals surface area contributed by atoms with Gasteiger partial charge in [0.2, 0.25) is 17.7 Å². The number of amides is 3. The number of hydrogen-bond acceptors (Lipinski definition) is 5. The Morgan fingerprint density at radius 3 is 2.50 bits per heavy atom. The van der Waals surface area contributed by atoms with Gasteiger partial charge in [0.25, 0.3) is 0 Å². The van der Waals surface area contributed by atoms with Gasteiger partial charge in [-0.15, -0.1) is 0 Å². The van der Waals surface area contributed by atoms with E-state index in [0.717, 1.165) is 11.0 Å². The maximum Gasteiger partial charge on any atom is 0.330 e. The van der Waals surface area contributed by atoms with Crippen LogP contribution in [0.3, 0.4) is 0 Å². The van der Waals surface area contributed by atoms with Gasteiger partial charge in [-0.2, -0.15) is 0 Å². The van der Waals surface area contributed by atoms with Crippen molar-refractivity contribution < 1.29 is 23.9 Å². The number of rotatable bonds is 2. The fourth-order valence-electron chi connectivity index (χ4n) is 4.04. The number of nitrogens with zero attached hydrogens (tertiary/aromatic N) is 1. The normalized spacial score (nSPS) is 38.0. The molecule has 20 heavy (non-hydrogen) atoms. The van der Waals surface area contributed by atoms with Gasteiger partial charge in [-0.1, -0.05) is 6.58 Å². The zero-order valence-corrected chi connectivity index (χ0v) is 11.1. The molecule has 6 heteroatoms. The summed E-state index contributed by atoms with van der Waals surface area (Å²) in [7, 11) is 0. The van der Waals surface area contributed by atoms with Crippen molar-refractivity contribution >= 4 is 23.7 Å². The molecule has 2 bridgehead atoms. The van der Waals surface area contributed by atoms with Gasteiger partial charge >= 0.3 is 5.97 Å². The molecular weight excluding hydrogens is 262 g/mol. The second-order valence-electron chi connectivity index (χ2n) is 5.66. The molecule has 0 aromatic heterocycles. The van der Waals surface area contributed by atoms with Gasteiger partial charge in [-0.3, -0.25) is 14.4 Å². The molecule has 5 unspecified atom stereocenters. The van der Waals surface area contributed by atoms with Crippen molar-refractivity contribution in [1.82, 2.24) is 4.90 Å². The van der Waals surface area contributed by atoms with E-state index in [2.05, 4.69) is 6.58 Å². The van der Waals surface area contributed by atoms with Crippen LogP contribution in [-0.2, 0) is 23.9 Å². The lowest BCUT2D eigenvalue weighted by Gasteiger charge is -2.27. The van der Waals surface area contributed by atoms with E-state index in [-0.39, 0.29) is 23.8 Å². The van der Waals surface area contributed by atoms with E-state index in [1.807, 2.05) is 0 Å². The Morgan fingerprint density at radius 2 is 1.90 bits per heavy atom. The fourth-order valence-corrected chi connectivity index (χ4v) is 4.04. The highest BCUT2D eigenvalue weighted by molar-refractivity contribution is 6.17. The van der Waals surface area contributed by atoms with Crippen LogP contribution in [0.2, 0.25) is 0 Å². The van der Waals surface area contributed by atoms with Crippen molar-refractivity contribution in [2.45, 2.75) is 25.9 Å². The van der Waals surface area contributed by atoms with Crippen molar-refractivity contribution in [3.8, 4) is 0 Å². The highest BCUT2D eigenvalue weighted by atomic mass is 16.5. The number of ether oxygens (including phenoxy) is 1. The summed E-state index contributed by atoms with van der Waals surface area (Å²) in [4.78, 5) is 47.9. The number of carbonyl (C=O) groups excluding carboxylic acids is 4. The number of fused-ring (bicyclic) bond motifs is 5. The molecule has 1 aliphatic heterocycles. The van der Waals surface area contributed by atoms with Crippen LogP contribution in [0.5, 0.6) is 0 Å². The van der Waals surface area contributed by atoms with Gasteiger partial charge in [-0.25, -0.2) is 9.69 Å². The van der Waals surface area contributed by atoms with E-state index < -0.39 is 29.6 Å². The van der Waals surface area contributed by atoms with Gasteiger partial charge in [0.1, 0.15) is 6.10 Å². The maximum atomic E-state index is 12.3. The van der Waals surface area contributed by atoms with Gasteiger partial charge < -0.3 is 4.74 Å². The molecule has 6 nitrogen and oxygen atoms in total. The van der Waals surface area contributed by atoms with Crippen molar-refractivity contribution in [1.29, 1.82) is 0 Å². The van der Waals surface area contributed by atoms with Crippen molar-refractivity contribution in [3.05, 3.63) is 12.7 Å². The minimum absolute atomic E-state index is 0.0217. The first-order chi connectivity index (χ1) is 9.45. The number of esters is 1. The average molecular weight is 277 g/mol. The summed E-state index contributed by atoms with van der Waals surface area (Å²) in [6, 6.07) is 0.